The van der Waals surface area contributed by atoms with E-state index >= 15 is 0 Å². The number of nitrogens with zero attached hydrogens (tertiary/aromatic N) is 1. The minimum atomic E-state index is -4.03. The van der Waals surface area contributed by atoms with Gasteiger partial charge >= 0.3 is 10.1 Å². The largest absolute Gasteiger partial charge is 0.378 e. The third kappa shape index (κ3) is 2.95. The summed E-state index contributed by atoms with van der Waals surface area (Å²) in [5.74, 6) is 0.176. The Morgan fingerprint density at radius 2 is 1.68 bits per heavy atom. The van der Waals surface area contributed by atoms with Gasteiger partial charge in [0.15, 0.2) is 5.75 Å². The van der Waals surface area contributed by atoms with Crippen LogP contribution in [0.3, 0.4) is 0 Å². The lowest BCUT2D eigenvalue weighted by molar-refractivity contribution is 0.484. The molecular weight excluding hydrogens is 330 g/mol. The quantitative estimate of drug-likeness (QED) is 0.807. The van der Waals surface area contributed by atoms with Crippen LogP contribution >= 0.6 is 15.9 Å². The fourth-order valence-corrected chi connectivity index (χ4v) is 3.03. The highest BCUT2D eigenvalue weighted by molar-refractivity contribution is 9.10. The monoisotopic (exact) mass is 337 g/mol. The van der Waals surface area contributed by atoms with E-state index in [9.17, 15) is 8.42 Å². The number of para-hydroxylation sites is 1. The lowest BCUT2D eigenvalue weighted by atomic mass is 10.2. The van der Waals surface area contributed by atoms with Gasteiger partial charge in [0.2, 0.25) is 0 Å². The normalized spacial score (nSPS) is 10.7. The SMILES string of the molecule is N#Cc1ccccc1S(=O)(=O)Oc1ccccc1Br. The molecule has 2 rings (SSSR count). The van der Waals surface area contributed by atoms with Gasteiger partial charge in [0, 0.05) is 0 Å². The third-order valence-corrected chi connectivity index (χ3v) is 4.26. The molecule has 0 aliphatic heterocycles. The van der Waals surface area contributed by atoms with Crippen molar-refractivity contribution in [3.63, 3.8) is 0 Å². The van der Waals surface area contributed by atoms with E-state index in [1.54, 1.807) is 24.3 Å². The average Bonchev–Trinajstić information content (AvgIpc) is 2.41. The minimum Gasteiger partial charge on any atom is -0.378 e. The Hall–Kier alpha value is -1.84. The van der Waals surface area contributed by atoms with Crippen molar-refractivity contribution in [2.75, 3.05) is 0 Å². The van der Waals surface area contributed by atoms with Gasteiger partial charge in [-0.1, -0.05) is 24.3 Å². The maximum absolute atomic E-state index is 12.1. The highest BCUT2D eigenvalue weighted by Gasteiger charge is 2.21. The lowest BCUT2D eigenvalue weighted by Crippen LogP contribution is -2.11. The first-order valence-electron chi connectivity index (χ1n) is 5.23. The Bertz CT molecular complexity index is 750. The summed E-state index contributed by atoms with van der Waals surface area (Å²) in [5, 5.41) is 8.92. The summed E-state index contributed by atoms with van der Waals surface area (Å²) in [4.78, 5) is -0.145. The van der Waals surface area contributed by atoms with E-state index in [2.05, 4.69) is 15.9 Å². The van der Waals surface area contributed by atoms with Crippen molar-refractivity contribution >= 4 is 26.0 Å². The molecule has 2 aromatic carbocycles. The van der Waals surface area contributed by atoms with Crippen molar-refractivity contribution in [2.24, 2.45) is 0 Å². The van der Waals surface area contributed by atoms with Gasteiger partial charge in [0.1, 0.15) is 11.0 Å². The summed E-state index contributed by atoms with van der Waals surface area (Å²) in [5.41, 5.74) is 0.0505. The Morgan fingerprint density at radius 1 is 1.05 bits per heavy atom. The fourth-order valence-electron chi connectivity index (χ4n) is 1.45. The van der Waals surface area contributed by atoms with E-state index < -0.39 is 10.1 Å². The molecule has 0 radical (unpaired) electrons. The van der Waals surface area contributed by atoms with Crippen molar-refractivity contribution in [1.29, 1.82) is 5.26 Å². The second kappa shape index (κ2) is 5.43. The van der Waals surface area contributed by atoms with Crippen molar-refractivity contribution < 1.29 is 12.6 Å². The molecule has 0 spiro atoms. The predicted octanol–water partition coefficient (Wildman–Crippen LogP) is 3.09. The van der Waals surface area contributed by atoms with Crippen molar-refractivity contribution in [2.45, 2.75) is 4.90 Å². The van der Waals surface area contributed by atoms with Gasteiger partial charge in [0.05, 0.1) is 10.0 Å². The van der Waals surface area contributed by atoms with Crippen LogP contribution in [0.1, 0.15) is 5.56 Å². The van der Waals surface area contributed by atoms with Crippen LogP contribution in [0.2, 0.25) is 0 Å². The Labute approximate surface area is 119 Å². The van der Waals surface area contributed by atoms with E-state index in [4.69, 9.17) is 9.44 Å². The van der Waals surface area contributed by atoms with Crippen LogP contribution in [0.4, 0.5) is 0 Å². The van der Waals surface area contributed by atoms with Gasteiger partial charge in [-0.25, -0.2) is 0 Å². The summed E-state index contributed by atoms with van der Waals surface area (Å²) in [6.07, 6.45) is 0. The number of rotatable bonds is 3. The zero-order chi connectivity index (χ0) is 13.9. The van der Waals surface area contributed by atoms with Gasteiger partial charge in [-0.3, -0.25) is 0 Å². The molecule has 0 heterocycles. The Morgan fingerprint density at radius 3 is 2.37 bits per heavy atom. The van der Waals surface area contributed by atoms with Crippen LogP contribution in [0, 0.1) is 11.3 Å². The molecule has 0 N–H and O–H groups in total. The molecule has 0 saturated carbocycles. The number of nitriles is 1. The average molecular weight is 338 g/mol. The summed E-state index contributed by atoms with van der Waals surface area (Å²) in [7, 11) is -4.03. The van der Waals surface area contributed by atoms with E-state index in [0.717, 1.165) is 0 Å². The summed E-state index contributed by atoms with van der Waals surface area (Å²) in [6, 6.07) is 14.3. The molecule has 0 aromatic heterocycles. The van der Waals surface area contributed by atoms with Gasteiger partial charge in [-0.2, -0.15) is 13.7 Å². The Balaban J connectivity index is 2.45. The number of hydrogen-bond acceptors (Lipinski definition) is 4. The van der Waals surface area contributed by atoms with Gasteiger partial charge in [-0.05, 0) is 40.2 Å². The zero-order valence-electron chi connectivity index (χ0n) is 9.58. The third-order valence-electron chi connectivity index (χ3n) is 2.31. The van der Waals surface area contributed by atoms with E-state index in [1.807, 2.05) is 6.07 Å². The van der Waals surface area contributed by atoms with E-state index in [-0.39, 0.29) is 16.2 Å². The minimum absolute atomic E-state index is 0.0505. The highest BCUT2D eigenvalue weighted by Crippen LogP contribution is 2.28. The Kier molecular flexibility index (Phi) is 3.88. The van der Waals surface area contributed by atoms with Crippen LogP contribution in [-0.4, -0.2) is 8.42 Å². The second-order valence-corrected chi connectivity index (χ2v) is 5.94. The van der Waals surface area contributed by atoms with Crippen LogP contribution in [0.25, 0.3) is 0 Å². The molecule has 2 aromatic rings. The standard InChI is InChI=1S/C13H8BrNO3S/c14-11-6-2-3-7-12(11)18-19(16,17)13-8-4-1-5-10(13)9-15/h1-8H. The first-order valence-corrected chi connectivity index (χ1v) is 7.43. The summed E-state index contributed by atoms with van der Waals surface area (Å²) < 4.78 is 29.8. The van der Waals surface area contributed by atoms with Crippen molar-refractivity contribution in [3.05, 3.63) is 58.6 Å². The van der Waals surface area contributed by atoms with Crippen LogP contribution < -0.4 is 4.18 Å². The maximum Gasteiger partial charge on any atom is 0.340 e. The molecule has 0 amide bonds. The zero-order valence-corrected chi connectivity index (χ0v) is 12.0. The molecular formula is C13H8BrNO3S. The molecule has 0 fully saturated rings. The maximum atomic E-state index is 12.1. The number of benzene rings is 2. The molecule has 0 unspecified atom stereocenters. The first-order chi connectivity index (χ1) is 9.04. The highest BCUT2D eigenvalue weighted by atomic mass is 79.9. The van der Waals surface area contributed by atoms with Crippen molar-refractivity contribution in [3.8, 4) is 11.8 Å². The molecule has 0 aliphatic carbocycles. The predicted molar refractivity (Wildman–Crippen MR) is 73.1 cm³/mol. The number of hydrogen-bond donors (Lipinski definition) is 0. The molecule has 4 nitrogen and oxygen atoms in total. The molecule has 6 heteroatoms. The molecule has 19 heavy (non-hydrogen) atoms. The number of halogens is 1. The first kappa shape index (κ1) is 13.6. The van der Waals surface area contributed by atoms with Gasteiger partial charge in [0.25, 0.3) is 0 Å². The van der Waals surface area contributed by atoms with Crippen LogP contribution in [-0.2, 0) is 10.1 Å². The van der Waals surface area contributed by atoms with Crippen molar-refractivity contribution in [1.82, 2.24) is 0 Å². The lowest BCUT2D eigenvalue weighted by Gasteiger charge is -2.09. The van der Waals surface area contributed by atoms with Crippen LogP contribution in [0.15, 0.2) is 57.9 Å². The molecule has 0 atom stereocenters. The van der Waals surface area contributed by atoms with E-state index in [0.29, 0.717) is 4.47 Å². The molecule has 96 valence electrons. The molecule has 0 bridgehead atoms. The summed E-state index contributed by atoms with van der Waals surface area (Å²) in [6.45, 7) is 0. The van der Waals surface area contributed by atoms with Crippen LogP contribution in [0.5, 0.6) is 5.75 Å². The fraction of sp³-hybridized carbons (Fsp3) is 0. The smallest absolute Gasteiger partial charge is 0.340 e. The summed E-state index contributed by atoms with van der Waals surface area (Å²) >= 11 is 3.20. The van der Waals surface area contributed by atoms with Gasteiger partial charge in [-0.15, -0.1) is 0 Å². The second-order valence-electron chi connectivity index (χ2n) is 3.58. The molecule has 0 aliphatic rings. The van der Waals surface area contributed by atoms with Gasteiger partial charge < -0.3 is 4.18 Å². The topological polar surface area (TPSA) is 67.2 Å². The molecule has 0 saturated heterocycles. The van der Waals surface area contributed by atoms with E-state index in [1.165, 1.54) is 24.3 Å².